The number of benzene rings is 1. The van der Waals surface area contributed by atoms with Crippen molar-refractivity contribution in [3.05, 3.63) is 30.3 Å². The maximum absolute atomic E-state index is 12.2. The minimum Gasteiger partial charge on any atom is -0.396 e. The van der Waals surface area contributed by atoms with E-state index in [0.717, 1.165) is 31.6 Å². The summed E-state index contributed by atoms with van der Waals surface area (Å²) in [5, 5.41) is 11.9. The van der Waals surface area contributed by atoms with Crippen LogP contribution in [0.15, 0.2) is 30.3 Å². The van der Waals surface area contributed by atoms with Gasteiger partial charge in [0.15, 0.2) is 0 Å². The van der Waals surface area contributed by atoms with Crippen LogP contribution in [-0.2, 0) is 4.79 Å². The van der Waals surface area contributed by atoms with Crippen LogP contribution in [0.5, 0.6) is 0 Å². The second kappa shape index (κ2) is 6.68. The first-order chi connectivity index (χ1) is 9.20. The van der Waals surface area contributed by atoms with Crippen LogP contribution >= 0.6 is 0 Å². The molecule has 0 spiro atoms. The number of nitrogens with zero attached hydrogens (tertiary/aromatic N) is 1. The zero-order chi connectivity index (χ0) is 13.7. The van der Waals surface area contributed by atoms with E-state index in [-0.39, 0.29) is 18.6 Å². The third kappa shape index (κ3) is 3.78. The molecule has 1 aliphatic heterocycles. The molecule has 0 aliphatic carbocycles. The molecule has 0 bridgehead atoms. The number of anilines is 1. The number of rotatable bonds is 5. The van der Waals surface area contributed by atoms with Gasteiger partial charge in [0.2, 0.25) is 5.91 Å². The Hall–Kier alpha value is -1.39. The van der Waals surface area contributed by atoms with Crippen LogP contribution in [0.1, 0.15) is 19.8 Å². The largest absolute Gasteiger partial charge is 0.396 e. The molecule has 2 N–H and O–H groups in total. The Balaban J connectivity index is 1.86. The average Bonchev–Trinajstić information content (AvgIpc) is 2.88. The van der Waals surface area contributed by atoms with Crippen molar-refractivity contribution in [2.45, 2.75) is 25.8 Å². The first-order valence-electron chi connectivity index (χ1n) is 6.91. The molecule has 1 amide bonds. The summed E-state index contributed by atoms with van der Waals surface area (Å²) in [4.78, 5) is 14.4. The molecular formula is C15H22N2O2. The van der Waals surface area contributed by atoms with Gasteiger partial charge in [0.1, 0.15) is 0 Å². The number of carbonyl (C=O) groups is 1. The number of likely N-dealkylation sites (tertiary alicyclic amines) is 1. The van der Waals surface area contributed by atoms with E-state index in [9.17, 15) is 4.79 Å². The number of aliphatic hydroxyl groups excluding tert-OH is 1. The number of hydrogen-bond donors (Lipinski definition) is 2. The molecular weight excluding hydrogens is 240 g/mol. The van der Waals surface area contributed by atoms with Crippen LogP contribution in [0.3, 0.4) is 0 Å². The molecule has 4 heteroatoms. The third-order valence-corrected chi connectivity index (χ3v) is 3.82. The lowest BCUT2D eigenvalue weighted by atomic mass is 10.1. The van der Waals surface area contributed by atoms with E-state index >= 15 is 0 Å². The standard InChI is InChI=1S/C15H22N2O2/c1-12(17-9-7-13(11-17)8-10-18)15(19)16-14-5-3-2-4-6-14/h2-6,12-13,18H,7-11H2,1H3,(H,16,19). The number of nitrogens with one attached hydrogen (secondary N) is 1. The lowest BCUT2D eigenvalue weighted by Crippen LogP contribution is -2.40. The molecule has 1 aromatic carbocycles. The number of para-hydroxylation sites is 1. The number of amides is 1. The highest BCUT2D eigenvalue weighted by Crippen LogP contribution is 2.21. The molecule has 2 rings (SSSR count). The van der Waals surface area contributed by atoms with Crippen molar-refractivity contribution in [3.8, 4) is 0 Å². The van der Waals surface area contributed by atoms with Crippen molar-refractivity contribution in [2.75, 3.05) is 25.0 Å². The Kier molecular flexibility index (Phi) is 4.93. The van der Waals surface area contributed by atoms with Crippen molar-refractivity contribution in [1.29, 1.82) is 0 Å². The second-order valence-corrected chi connectivity index (χ2v) is 5.19. The first kappa shape index (κ1) is 14.0. The molecule has 1 heterocycles. The molecule has 0 saturated carbocycles. The molecule has 0 radical (unpaired) electrons. The van der Waals surface area contributed by atoms with Gasteiger partial charge in [-0.1, -0.05) is 18.2 Å². The van der Waals surface area contributed by atoms with Gasteiger partial charge in [0.05, 0.1) is 6.04 Å². The molecule has 19 heavy (non-hydrogen) atoms. The van der Waals surface area contributed by atoms with Crippen molar-refractivity contribution in [3.63, 3.8) is 0 Å². The van der Waals surface area contributed by atoms with Gasteiger partial charge in [-0.25, -0.2) is 0 Å². The number of hydrogen-bond acceptors (Lipinski definition) is 3. The minimum absolute atomic E-state index is 0.0378. The van der Waals surface area contributed by atoms with Crippen LogP contribution in [0.25, 0.3) is 0 Å². The van der Waals surface area contributed by atoms with Gasteiger partial charge in [-0.15, -0.1) is 0 Å². The van der Waals surface area contributed by atoms with E-state index in [1.54, 1.807) is 0 Å². The third-order valence-electron chi connectivity index (χ3n) is 3.82. The zero-order valence-electron chi connectivity index (χ0n) is 11.4. The Morgan fingerprint density at radius 1 is 1.47 bits per heavy atom. The van der Waals surface area contributed by atoms with Crippen LogP contribution in [0.2, 0.25) is 0 Å². The number of aliphatic hydroxyl groups is 1. The summed E-state index contributed by atoms with van der Waals surface area (Å²) in [6.07, 6.45) is 1.91. The van der Waals surface area contributed by atoms with Crippen LogP contribution < -0.4 is 5.32 Å². The lowest BCUT2D eigenvalue weighted by Gasteiger charge is -2.23. The highest BCUT2D eigenvalue weighted by Gasteiger charge is 2.29. The maximum atomic E-state index is 12.2. The molecule has 2 unspecified atom stereocenters. The molecule has 1 saturated heterocycles. The summed E-state index contributed by atoms with van der Waals surface area (Å²) >= 11 is 0. The van der Waals surface area contributed by atoms with Crippen molar-refractivity contribution < 1.29 is 9.90 Å². The van der Waals surface area contributed by atoms with Gasteiger partial charge < -0.3 is 10.4 Å². The molecule has 1 fully saturated rings. The predicted octanol–water partition coefficient (Wildman–Crippen LogP) is 1.72. The van der Waals surface area contributed by atoms with Gasteiger partial charge in [-0.2, -0.15) is 0 Å². The highest BCUT2D eigenvalue weighted by atomic mass is 16.3. The van der Waals surface area contributed by atoms with E-state index < -0.39 is 0 Å². The average molecular weight is 262 g/mol. The summed E-state index contributed by atoms with van der Waals surface area (Å²) in [7, 11) is 0. The van der Waals surface area contributed by atoms with Crippen LogP contribution in [-0.4, -0.2) is 41.7 Å². The molecule has 2 atom stereocenters. The topological polar surface area (TPSA) is 52.6 Å². The lowest BCUT2D eigenvalue weighted by molar-refractivity contribution is -0.120. The van der Waals surface area contributed by atoms with Gasteiger partial charge in [-0.3, -0.25) is 9.69 Å². The Morgan fingerprint density at radius 2 is 2.21 bits per heavy atom. The van der Waals surface area contributed by atoms with Gasteiger partial charge >= 0.3 is 0 Å². The Labute approximate surface area is 114 Å². The normalized spacial score (nSPS) is 21.3. The minimum atomic E-state index is -0.121. The summed E-state index contributed by atoms with van der Waals surface area (Å²) in [6, 6.07) is 9.41. The van der Waals surface area contributed by atoms with Gasteiger partial charge in [0.25, 0.3) is 0 Å². The molecule has 1 aromatic rings. The van der Waals surface area contributed by atoms with Gasteiger partial charge in [0, 0.05) is 18.8 Å². The summed E-state index contributed by atoms with van der Waals surface area (Å²) in [6.45, 7) is 4.03. The maximum Gasteiger partial charge on any atom is 0.241 e. The van der Waals surface area contributed by atoms with Crippen LogP contribution in [0, 0.1) is 5.92 Å². The van der Waals surface area contributed by atoms with Crippen molar-refractivity contribution in [2.24, 2.45) is 5.92 Å². The highest BCUT2D eigenvalue weighted by molar-refractivity contribution is 5.94. The van der Waals surface area contributed by atoms with E-state index in [0.29, 0.717) is 5.92 Å². The summed E-state index contributed by atoms with van der Waals surface area (Å²) in [5.41, 5.74) is 0.838. The van der Waals surface area contributed by atoms with Crippen molar-refractivity contribution in [1.82, 2.24) is 4.90 Å². The zero-order valence-corrected chi connectivity index (χ0v) is 11.4. The van der Waals surface area contributed by atoms with E-state index in [1.165, 1.54) is 0 Å². The monoisotopic (exact) mass is 262 g/mol. The van der Waals surface area contributed by atoms with Gasteiger partial charge in [-0.05, 0) is 44.4 Å². The molecule has 104 valence electrons. The molecule has 4 nitrogen and oxygen atoms in total. The summed E-state index contributed by atoms with van der Waals surface area (Å²) in [5.74, 6) is 0.563. The van der Waals surface area contributed by atoms with Crippen LogP contribution in [0.4, 0.5) is 5.69 Å². The fraction of sp³-hybridized carbons (Fsp3) is 0.533. The number of carbonyl (C=O) groups excluding carboxylic acids is 1. The molecule has 1 aliphatic rings. The molecule has 0 aromatic heterocycles. The Morgan fingerprint density at radius 3 is 2.89 bits per heavy atom. The van der Waals surface area contributed by atoms with Crippen molar-refractivity contribution >= 4 is 11.6 Å². The SMILES string of the molecule is CC(C(=O)Nc1ccccc1)N1CCC(CCO)C1. The predicted molar refractivity (Wildman–Crippen MR) is 75.9 cm³/mol. The summed E-state index contributed by atoms with van der Waals surface area (Å²) < 4.78 is 0. The first-order valence-corrected chi connectivity index (χ1v) is 6.91. The second-order valence-electron chi connectivity index (χ2n) is 5.19. The Bertz CT molecular complexity index is 408. The van der Waals surface area contributed by atoms with E-state index in [2.05, 4.69) is 10.2 Å². The van der Waals surface area contributed by atoms with E-state index in [1.807, 2.05) is 37.3 Å². The fourth-order valence-electron chi connectivity index (χ4n) is 2.57. The quantitative estimate of drug-likeness (QED) is 0.849. The smallest absolute Gasteiger partial charge is 0.241 e. The fourth-order valence-corrected chi connectivity index (χ4v) is 2.57. The van der Waals surface area contributed by atoms with E-state index in [4.69, 9.17) is 5.11 Å².